The van der Waals surface area contributed by atoms with Crippen molar-refractivity contribution in [1.29, 1.82) is 0 Å². The first kappa shape index (κ1) is 9.50. The van der Waals surface area contributed by atoms with Gasteiger partial charge in [0.2, 0.25) is 0 Å². The highest BCUT2D eigenvalue weighted by atomic mass is 16.1. The van der Waals surface area contributed by atoms with Gasteiger partial charge in [-0.3, -0.25) is 4.79 Å². The zero-order valence-corrected chi connectivity index (χ0v) is 8.64. The van der Waals surface area contributed by atoms with Gasteiger partial charge >= 0.3 is 0 Å². The Labute approximate surface area is 74.9 Å². The summed E-state index contributed by atoms with van der Waals surface area (Å²) in [5.41, 5.74) is 2.39. The highest BCUT2D eigenvalue weighted by molar-refractivity contribution is 6.00. The van der Waals surface area contributed by atoms with E-state index in [-0.39, 0.29) is 5.92 Å². The quantitative estimate of drug-likeness (QED) is 0.585. The fraction of sp³-hybridized carbons (Fsp3) is 0.727. The third-order valence-corrected chi connectivity index (χ3v) is 3.08. The van der Waals surface area contributed by atoms with Crippen LogP contribution in [0, 0.1) is 17.8 Å². The molecule has 1 aliphatic rings. The Balaban J connectivity index is 3.04. The van der Waals surface area contributed by atoms with Crippen molar-refractivity contribution in [3.8, 4) is 0 Å². The number of carbonyl (C=O) groups is 1. The lowest BCUT2D eigenvalue weighted by Gasteiger charge is -2.16. The summed E-state index contributed by atoms with van der Waals surface area (Å²) in [5.74, 6) is 1.54. The van der Waals surface area contributed by atoms with Crippen molar-refractivity contribution in [2.24, 2.45) is 17.8 Å². The van der Waals surface area contributed by atoms with Gasteiger partial charge in [-0.2, -0.15) is 0 Å². The van der Waals surface area contributed by atoms with Crippen LogP contribution < -0.4 is 0 Å². The Bertz CT molecular complexity index is 235. The lowest BCUT2D eigenvalue weighted by Crippen LogP contribution is -2.12. The molecule has 0 saturated heterocycles. The van der Waals surface area contributed by atoms with Crippen LogP contribution in [0.5, 0.6) is 0 Å². The molecular weight excluding hydrogens is 148 g/mol. The van der Waals surface area contributed by atoms with Crippen molar-refractivity contribution in [3.63, 3.8) is 0 Å². The summed E-state index contributed by atoms with van der Waals surface area (Å²) in [6.45, 7) is 10.5. The lowest BCUT2D eigenvalue weighted by molar-refractivity contribution is -0.118. The smallest absolute Gasteiger partial charge is 0.161 e. The van der Waals surface area contributed by atoms with Crippen molar-refractivity contribution in [2.75, 3.05) is 0 Å². The highest BCUT2D eigenvalue weighted by Gasteiger charge is 2.34. The summed E-state index contributed by atoms with van der Waals surface area (Å²) in [6.07, 6.45) is 0. The van der Waals surface area contributed by atoms with Gasteiger partial charge in [-0.15, -0.1) is 0 Å². The van der Waals surface area contributed by atoms with Crippen LogP contribution >= 0.6 is 0 Å². The zero-order chi connectivity index (χ0) is 9.46. The molecule has 0 radical (unpaired) electrons. The van der Waals surface area contributed by atoms with E-state index in [0.717, 1.165) is 5.57 Å². The molecule has 2 atom stereocenters. The molecular formula is C11H18O. The predicted molar refractivity (Wildman–Crippen MR) is 50.9 cm³/mol. The second-order valence-electron chi connectivity index (χ2n) is 4.18. The maximum Gasteiger partial charge on any atom is 0.161 e. The molecule has 0 aromatic carbocycles. The minimum absolute atomic E-state index is 0.211. The topological polar surface area (TPSA) is 17.1 Å². The summed E-state index contributed by atoms with van der Waals surface area (Å²) in [7, 11) is 0. The van der Waals surface area contributed by atoms with Crippen LogP contribution in [-0.4, -0.2) is 5.78 Å². The van der Waals surface area contributed by atoms with Crippen molar-refractivity contribution < 1.29 is 4.79 Å². The highest BCUT2D eigenvalue weighted by Crippen LogP contribution is 2.37. The Kier molecular flexibility index (Phi) is 2.41. The number of allylic oxidation sites excluding steroid dienone is 2. The maximum absolute atomic E-state index is 11.6. The molecule has 0 aliphatic heterocycles. The molecule has 0 amide bonds. The molecule has 1 nitrogen and oxygen atoms in total. The molecule has 1 rings (SSSR count). The summed E-state index contributed by atoms with van der Waals surface area (Å²) < 4.78 is 0. The van der Waals surface area contributed by atoms with Crippen LogP contribution in [0.15, 0.2) is 11.1 Å². The predicted octanol–water partition coefficient (Wildman–Crippen LogP) is 2.81. The molecule has 0 aromatic heterocycles. The second-order valence-corrected chi connectivity index (χ2v) is 4.18. The Morgan fingerprint density at radius 1 is 1.17 bits per heavy atom. The van der Waals surface area contributed by atoms with E-state index in [2.05, 4.69) is 20.8 Å². The summed E-state index contributed by atoms with van der Waals surface area (Å²) >= 11 is 0. The Morgan fingerprint density at radius 3 is 1.83 bits per heavy atom. The zero-order valence-electron chi connectivity index (χ0n) is 8.64. The first-order valence-corrected chi connectivity index (χ1v) is 4.71. The normalized spacial score (nSPS) is 30.7. The van der Waals surface area contributed by atoms with Gasteiger partial charge < -0.3 is 0 Å². The van der Waals surface area contributed by atoms with Gasteiger partial charge in [-0.05, 0) is 24.3 Å². The molecule has 68 valence electrons. The van der Waals surface area contributed by atoms with Gasteiger partial charge in [-0.1, -0.05) is 33.3 Å². The van der Waals surface area contributed by atoms with Crippen LogP contribution in [0.4, 0.5) is 0 Å². The number of hydrogen-bond acceptors (Lipinski definition) is 1. The number of rotatable bonds is 1. The van der Waals surface area contributed by atoms with Crippen LogP contribution in [0.1, 0.15) is 34.6 Å². The molecule has 1 heteroatoms. The molecule has 0 fully saturated rings. The molecule has 0 spiro atoms. The number of ketones is 1. The Hall–Kier alpha value is -0.590. The van der Waals surface area contributed by atoms with Crippen LogP contribution in [-0.2, 0) is 4.79 Å². The van der Waals surface area contributed by atoms with Crippen LogP contribution in [0.2, 0.25) is 0 Å². The number of Topliss-reactive ketones (excluding diaryl/α,β-unsaturated/α-hetero) is 1. The molecule has 0 heterocycles. The van der Waals surface area contributed by atoms with Crippen molar-refractivity contribution >= 4 is 5.78 Å². The van der Waals surface area contributed by atoms with E-state index in [1.807, 2.05) is 13.8 Å². The minimum atomic E-state index is 0.211. The first-order chi connectivity index (χ1) is 5.46. The standard InChI is InChI=1S/C11H18O/c1-6(2)10-7(3)8(4)11(12)9(10)5/h6-8H,1-5H3. The minimum Gasteiger partial charge on any atom is -0.294 e. The third-order valence-electron chi connectivity index (χ3n) is 3.08. The van der Waals surface area contributed by atoms with Crippen LogP contribution in [0.25, 0.3) is 0 Å². The number of carbonyl (C=O) groups excluding carboxylic acids is 1. The van der Waals surface area contributed by atoms with E-state index in [0.29, 0.717) is 17.6 Å². The average molecular weight is 166 g/mol. The first-order valence-electron chi connectivity index (χ1n) is 4.71. The largest absolute Gasteiger partial charge is 0.294 e. The Morgan fingerprint density at radius 2 is 1.67 bits per heavy atom. The summed E-state index contributed by atoms with van der Waals surface area (Å²) in [5, 5.41) is 0. The van der Waals surface area contributed by atoms with E-state index in [4.69, 9.17) is 0 Å². The second kappa shape index (κ2) is 3.04. The molecule has 0 bridgehead atoms. The van der Waals surface area contributed by atoms with Gasteiger partial charge in [0.25, 0.3) is 0 Å². The maximum atomic E-state index is 11.6. The van der Waals surface area contributed by atoms with E-state index >= 15 is 0 Å². The van der Waals surface area contributed by atoms with Crippen molar-refractivity contribution in [3.05, 3.63) is 11.1 Å². The molecule has 12 heavy (non-hydrogen) atoms. The van der Waals surface area contributed by atoms with E-state index in [1.54, 1.807) is 0 Å². The van der Waals surface area contributed by atoms with E-state index in [9.17, 15) is 4.79 Å². The summed E-state index contributed by atoms with van der Waals surface area (Å²) in [4.78, 5) is 11.6. The van der Waals surface area contributed by atoms with Gasteiger partial charge in [-0.25, -0.2) is 0 Å². The molecule has 1 aliphatic carbocycles. The molecule has 2 unspecified atom stereocenters. The molecule has 0 aromatic rings. The van der Waals surface area contributed by atoms with Crippen LogP contribution in [0.3, 0.4) is 0 Å². The monoisotopic (exact) mass is 166 g/mol. The van der Waals surface area contributed by atoms with Gasteiger partial charge in [0.1, 0.15) is 0 Å². The SMILES string of the molecule is CC1=C(C(C)C)C(C)C(C)C1=O. The third kappa shape index (κ3) is 1.21. The fourth-order valence-corrected chi connectivity index (χ4v) is 2.28. The van der Waals surface area contributed by atoms with E-state index in [1.165, 1.54) is 5.57 Å². The van der Waals surface area contributed by atoms with Crippen molar-refractivity contribution in [1.82, 2.24) is 0 Å². The van der Waals surface area contributed by atoms with E-state index < -0.39 is 0 Å². The fourth-order valence-electron chi connectivity index (χ4n) is 2.28. The molecule has 0 saturated carbocycles. The summed E-state index contributed by atoms with van der Waals surface area (Å²) in [6, 6.07) is 0. The van der Waals surface area contributed by atoms with Gasteiger partial charge in [0.15, 0.2) is 5.78 Å². The van der Waals surface area contributed by atoms with Gasteiger partial charge in [0, 0.05) is 5.92 Å². The van der Waals surface area contributed by atoms with Crippen molar-refractivity contribution in [2.45, 2.75) is 34.6 Å². The lowest BCUT2D eigenvalue weighted by atomic mass is 9.88. The van der Waals surface area contributed by atoms with Gasteiger partial charge in [0.05, 0.1) is 0 Å². The average Bonchev–Trinajstić information content (AvgIpc) is 2.16. The molecule has 0 N–H and O–H groups in total. The number of hydrogen-bond donors (Lipinski definition) is 0.